The summed E-state index contributed by atoms with van der Waals surface area (Å²) in [5, 5.41) is 6.13. The third-order valence-corrected chi connectivity index (χ3v) is 3.49. The van der Waals surface area contributed by atoms with Crippen LogP contribution in [0.4, 0.5) is 5.69 Å². The van der Waals surface area contributed by atoms with Crippen LogP contribution in [0.25, 0.3) is 0 Å². The van der Waals surface area contributed by atoms with Gasteiger partial charge in [-0.1, -0.05) is 17.7 Å². The van der Waals surface area contributed by atoms with Crippen LogP contribution < -0.4 is 10.6 Å². The van der Waals surface area contributed by atoms with Crippen LogP contribution >= 0.6 is 11.6 Å². The summed E-state index contributed by atoms with van der Waals surface area (Å²) in [6.45, 7) is 5.81. The average molecular weight is 329 g/mol. The van der Waals surface area contributed by atoms with E-state index in [4.69, 9.17) is 11.6 Å². The van der Waals surface area contributed by atoms with E-state index in [1.807, 2.05) is 6.92 Å². The van der Waals surface area contributed by atoms with Gasteiger partial charge in [0.1, 0.15) is 0 Å². The summed E-state index contributed by atoms with van der Waals surface area (Å²) >= 11 is 5.90. The maximum absolute atomic E-state index is 12.2. The minimum absolute atomic E-state index is 0.203. The lowest BCUT2D eigenvalue weighted by Crippen LogP contribution is -2.23. The standard InChI is InChI=1S/C18H17ClN2O2/c1-3-10-20-17(22)13-4-6-14(7-5-13)18(23)21-16-9-8-15(19)11-12(16)2/h3-9,11H,1,10H2,2H3,(H,20,22)(H,21,23). The van der Waals surface area contributed by atoms with Crippen molar-refractivity contribution in [2.75, 3.05) is 11.9 Å². The van der Waals surface area contributed by atoms with Crippen molar-refractivity contribution in [3.8, 4) is 0 Å². The quantitative estimate of drug-likeness (QED) is 0.820. The Balaban J connectivity index is 2.08. The lowest BCUT2D eigenvalue weighted by molar-refractivity contribution is 0.0956. The van der Waals surface area contributed by atoms with E-state index in [2.05, 4.69) is 17.2 Å². The number of carbonyl (C=O) groups is 2. The van der Waals surface area contributed by atoms with Gasteiger partial charge in [-0.05, 0) is 55.0 Å². The zero-order valence-corrected chi connectivity index (χ0v) is 13.5. The van der Waals surface area contributed by atoms with Crippen LogP contribution in [0, 0.1) is 6.92 Å². The van der Waals surface area contributed by atoms with Crippen molar-refractivity contribution in [2.24, 2.45) is 0 Å². The summed E-state index contributed by atoms with van der Waals surface area (Å²) in [4.78, 5) is 24.0. The van der Waals surface area contributed by atoms with Gasteiger partial charge < -0.3 is 10.6 Å². The molecule has 0 atom stereocenters. The molecule has 0 unspecified atom stereocenters. The molecular formula is C18H17ClN2O2. The molecule has 0 saturated carbocycles. The zero-order chi connectivity index (χ0) is 16.8. The van der Waals surface area contributed by atoms with Crippen molar-refractivity contribution < 1.29 is 9.59 Å². The van der Waals surface area contributed by atoms with Crippen molar-refractivity contribution in [3.05, 3.63) is 76.8 Å². The molecule has 118 valence electrons. The Morgan fingerprint density at radius 1 is 1.09 bits per heavy atom. The highest BCUT2D eigenvalue weighted by Gasteiger charge is 2.10. The molecule has 0 heterocycles. The van der Waals surface area contributed by atoms with Gasteiger partial charge in [-0.25, -0.2) is 0 Å². The van der Waals surface area contributed by atoms with E-state index in [9.17, 15) is 9.59 Å². The number of rotatable bonds is 5. The van der Waals surface area contributed by atoms with Crippen molar-refractivity contribution in [3.63, 3.8) is 0 Å². The van der Waals surface area contributed by atoms with E-state index in [0.29, 0.717) is 28.4 Å². The molecule has 2 N–H and O–H groups in total. The molecule has 2 rings (SSSR count). The maximum atomic E-state index is 12.2. The molecule has 4 nitrogen and oxygen atoms in total. The summed E-state index contributed by atoms with van der Waals surface area (Å²) in [6, 6.07) is 11.7. The van der Waals surface area contributed by atoms with Gasteiger partial charge in [-0.3, -0.25) is 9.59 Å². The van der Waals surface area contributed by atoms with E-state index in [0.717, 1.165) is 5.56 Å². The Bertz CT molecular complexity index is 739. The number of hydrogen-bond acceptors (Lipinski definition) is 2. The number of nitrogens with one attached hydrogen (secondary N) is 2. The topological polar surface area (TPSA) is 58.2 Å². The van der Waals surface area contributed by atoms with Crippen LogP contribution in [-0.4, -0.2) is 18.4 Å². The Labute approximate surface area is 140 Å². The Morgan fingerprint density at radius 3 is 2.26 bits per heavy atom. The fraction of sp³-hybridized carbons (Fsp3) is 0.111. The summed E-state index contributed by atoms with van der Waals surface area (Å²) in [5.41, 5.74) is 2.55. The van der Waals surface area contributed by atoms with Crippen LogP contribution in [0.3, 0.4) is 0 Å². The molecular weight excluding hydrogens is 312 g/mol. The summed E-state index contributed by atoms with van der Waals surface area (Å²) < 4.78 is 0. The number of aryl methyl sites for hydroxylation is 1. The summed E-state index contributed by atoms with van der Waals surface area (Å²) in [7, 11) is 0. The number of amides is 2. The highest BCUT2D eigenvalue weighted by atomic mass is 35.5. The third-order valence-electron chi connectivity index (χ3n) is 3.25. The zero-order valence-electron chi connectivity index (χ0n) is 12.7. The first-order chi connectivity index (χ1) is 11.0. The van der Waals surface area contributed by atoms with Gasteiger partial charge in [-0.2, -0.15) is 0 Å². The number of benzene rings is 2. The largest absolute Gasteiger partial charge is 0.349 e. The molecule has 0 bridgehead atoms. The lowest BCUT2D eigenvalue weighted by atomic mass is 10.1. The molecule has 2 aromatic rings. The molecule has 0 aliphatic rings. The van der Waals surface area contributed by atoms with Crippen LogP contribution in [-0.2, 0) is 0 Å². The van der Waals surface area contributed by atoms with Crippen molar-refractivity contribution >= 4 is 29.1 Å². The van der Waals surface area contributed by atoms with Gasteiger partial charge in [0, 0.05) is 28.4 Å². The minimum Gasteiger partial charge on any atom is -0.349 e. The van der Waals surface area contributed by atoms with Gasteiger partial charge >= 0.3 is 0 Å². The average Bonchev–Trinajstić information content (AvgIpc) is 2.55. The smallest absolute Gasteiger partial charge is 0.255 e. The third kappa shape index (κ3) is 4.44. The molecule has 0 spiro atoms. The van der Waals surface area contributed by atoms with Gasteiger partial charge in [0.15, 0.2) is 0 Å². The second-order valence-electron chi connectivity index (χ2n) is 4.99. The van der Waals surface area contributed by atoms with Crippen molar-refractivity contribution in [1.29, 1.82) is 0 Å². The van der Waals surface area contributed by atoms with Crippen LogP contribution in [0.2, 0.25) is 5.02 Å². The molecule has 0 aliphatic heterocycles. The second kappa shape index (κ2) is 7.61. The molecule has 23 heavy (non-hydrogen) atoms. The van der Waals surface area contributed by atoms with E-state index < -0.39 is 0 Å². The number of anilines is 1. The van der Waals surface area contributed by atoms with Gasteiger partial charge in [-0.15, -0.1) is 6.58 Å². The van der Waals surface area contributed by atoms with Gasteiger partial charge in [0.25, 0.3) is 11.8 Å². The Morgan fingerprint density at radius 2 is 1.70 bits per heavy atom. The fourth-order valence-corrected chi connectivity index (χ4v) is 2.23. The molecule has 0 radical (unpaired) electrons. The molecule has 2 aromatic carbocycles. The minimum atomic E-state index is -0.242. The fourth-order valence-electron chi connectivity index (χ4n) is 2.00. The number of halogens is 1. The van der Waals surface area contributed by atoms with Crippen LogP contribution in [0.15, 0.2) is 55.1 Å². The van der Waals surface area contributed by atoms with E-state index in [1.54, 1.807) is 48.5 Å². The van der Waals surface area contributed by atoms with E-state index in [1.165, 1.54) is 0 Å². The number of hydrogen-bond donors (Lipinski definition) is 2. The Kier molecular flexibility index (Phi) is 5.55. The first kappa shape index (κ1) is 16.8. The molecule has 0 aromatic heterocycles. The second-order valence-corrected chi connectivity index (χ2v) is 5.43. The first-order valence-corrected chi connectivity index (χ1v) is 7.45. The molecule has 2 amide bonds. The normalized spacial score (nSPS) is 10.0. The molecule has 0 saturated heterocycles. The first-order valence-electron chi connectivity index (χ1n) is 7.08. The van der Waals surface area contributed by atoms with Gasteiger partial charge in [0.2, 0.25) is 0 Å². The van der Waals surface area contributed by atoms with Crippen LogP contribution in [0.5, 0.6) is 0 Å². The van der Waals surface area contributed by atoms with E-state index in [-0.39, 0.29) is 11.8 Å². The van der Waals surface area contributed by atoms with Gasteiger partial charge in [0.05, 0.1) is 0 Å². The predicted octanol–water partition coefficient (Wildman–Crippen LogP) is 3.82. The van der Waals surface area contributed by atoms with Crippen LogP contribution in [0.1, 0.15) is 26.3 Å². The van der Waals surface area contributed by atoms with Crippen molar-refractivity contribution in [2.45, 2.75) is 6.92 Å². The highest BCUT2D eigenvalue weighted by molar-refractivity contribution is 6.30. The van der Waals surface area contributed by atoms with E-state index >= 15 is 0 Å². The SMILES string of the molecule is C=CCNC(=O)c1ccc(C(=O)Nc2ccc(Cl)cc2C)cc1. The summed E-state index contributed by atoms with van der Waals surface area (Å²) in [6.07, 6.45) is 1.61. The molecule has 0 fully saturated rings. The lowest BCUT2D eigenvalue weighted by Gasteiger charge is -2.09. The predicted molar refractivity (Wildman–Crippen MR) is 93.1 cm³/mol. The highest BCUT2D eigenvalue weighted by Crippen LogP contribution is 2.20. The maximum Gasteiger partial charge on any atom is 0.255 e. The molecule has 0 aliphatic carbocycles. The monoisotopic (exact) mass is 328 g/mol. The van der Waals surface area contributed by atoms with Crippen molar-refractivity contribution in [1.82, 2.24) is 5.32 Å². The Hall–Kier alpha value is -2.59. The summed E-state index contributed by atoms with van der Waals surface area (Å²) in [5.74, 6) is -0.445. The number of carbonyl (C=O) groups excluding carboxylic acids is 2. The molecule has 5 heteroatoms.